The lowest BCUT2D eigenvalue weighted by molar-refractivity contribution is 1.37. The Hall–Kier alpha value is -5.08. The Morgan fingerprint density at radius 1 is 0.368 bits per heavy atom. The molecule has 8 rings (SSSR count). The van der Waals surface area contributed by atoms with Gasteiger partial charge in [-0.15, -0.1) is 0 Å². The Labute approximate surface area is 219 Å². The third-order valence-electron chi connectivity index (χ3n) is 7.69. The van der Waals surface area contributed by atoms with Crippen molar-refractivity contribution in [3.8, 4) is 22.4 Å². The van der Waals surface area contributed by atoms with Crippen LogP contribution in [0.4, 0.5) is 0 Å². The predicted molar refractivity (Wildman–Crippen MR) is 160 cm³/mol. The first kappa shape index (κ1) is 21.0. The van der Waals surface area contributed by atoms with Gasteiger partial charge in [-0.25, -0.2) is 4.98 Å². The van der Waals surface area contributed by atoms with Crippen molar-refractivity contribution < 1.29 is 0 Å². The maximum absolute atomic E-state index is 5.15. The molecule has 0 saturated carbocycles. The summed E-state index contributed by atoms with van der Waals surface area (Å²) in [4.78, 5) is 9.81. The fourth-order valence-electron chi connectivity index (χ4n) is 5.91. The molecule has 2 heterocycles. The summed E-state index contributed by atoms with van der Waals surface area (Å²) in [5, 5.41) is 9.72. The van der Waals surface area contributed by atoms with Gasteiger partial charge in [0.2, 0.25) is 0 Å². The first-order valence-electron chi connectivity index (χ1n) is 12.9. The van der Waals surface area contributed by atoms with Gasteiger partial charge in [0.25, 0.3) is 0 Å². The van der Waals surface area contributed by atoms with Crippen LogP contribution in [0.25, 0.3) is 76.5 Å². The average Bonchev–Trinajstić information content (AvgIpc) is 3.00. The molecule has 0 aliphatic carbocycles. The van der Waals surface area contributed by atoms with Crippen LogP contribution in [0.15, 0.2) is 134 Å². The molecule has 0 bridgehead atoms. The van der Waals surface area contributed by atoms with Crippen molar-refractivity contribution in [1.82, 2.24) is 9.97 Å². The summed E-state index contributed by atoms with van der Waals surface area (Å²) < 4.78 is 0. The quantitative estimate of drug-likeness (QED) is 0.229. The molecule has 2 aromatic heterocycles. The highest BCUT2D eigenvalue weighted by atomic mass is 14.8. The third kappa shape index (κ3) is 3.14. The highest BCUT2D eigenvalue weighted by molar-refractivity contribution is 6.17. The number of benzene rings is 6. The second-order valence-corrected chi connectivity index (χ2v) is 9.81. The van der Waals surface area contributed by atoms with Gasteiger partial charge in [-0.05, 0) is 61.6 Å². The van der Waals surface area contributed by atoms with Crippen LogP contribution >= 0.6 is 0 Å². The van der Waals surface area contributed by atoms with E-state index in [0.717, 1.165) is 33.1 Å². The minimum absolute atomic E-state index is 0.939. The Balaban J connectivity index is 1.40. The Kier molecular flexibility index (Phi) is 4.55. The Bertz CT molecular complexity index is 2190. The maximum atomic E-state index is 5.15. The molecule has 38 heavy (non-hydrogen) atoms. The molecule has 2 heteroatoms. The van der Waals surface area contributed by atoms with Crippen molar-refractivity contribution in [3.05, 3.63) is 134 Å². The smallest absolute Gasteiger partial charge is 0.0972 e. The molecule has 0 aliphatic heterocycles. The molecule has 0 atom stereocenters. The molecule has 0 fully saturated rings. The van der Waals surface area contributed by atoms with Gasteiger partial charge in [-0.3, -0.25) is 4.98 Å². The van der Waals surface area contributed by atoms with E-state index in [4.69, 9.17) is 4.98 Å². The van der Waals surface area contributed by atoms with Gasteiger partial charge in [0.05, 0.1) is 16.7 Å². The third-order valence-corrected chi connectivity index (χ3v) is 7.69. The molecule has 0 aliphatic rings. The highest BCUT2D eigenvalue weighted by Gasteiger charge is 2.15. The zero-order valence-corrected chi connectivity index (χ0v) is 20.6. The molecule has 176 valence electrons. The van der Waals surface area contributed by atoms with Gasteiger partial charge in [-0.2, -0.15) is 0 Å². The summed E-state index contributed by atoms with van der Waals surface area (Å²) >= 11 is 0. The summed E-state index contributed by atoms with van der Waals surface area (Å²) in [6, 6.07) is 45.5. The molecular formula is C36H22N2. The minimum atomic E-state index is 0.939. The minimum Gasteiger partial charge on any atom is -0.254 e. The van der Waals surface area contributed by atoms with E-state index < -0.39 is 0 Å². The zero-order chi connectivity index (χ0) is 25.1. The molecule has 0 radical (unpaired) electrons. The first-order valence-corrected chi connectivity index (χ1v) is 12.9. The average molecular weight is 483 g/mol. The fraction of sp³-hybridized carbons (Fsp3) is 0. The lowest BCUT2D eigenvalue weighted by Crippen LogP contribution is -1.91. The number of pyridine rings is 2. The Morgan fingerprint density at radius 3 is 1.76 bits per heavy atom. The van der Waals surface area contributed by atoms with E-state index in [2.05, 4.69) is 126 Å². The van der Waals surface area contributed by atoms with Crippen molar-refractivity contribution in [1.29, 1.82) is 0 Å². The predicted octanol–water partition coefficient (Wildman–Crippen LogP) is 9.58. The summed E-state index contributed by atoms with van der Waals surface area (Å²) in [5.74, 6) is 0. The second kappa shape index (κ2) is 8.22. The van der Waals surface area contributed by atoms with Crippen LogP contribution in [0.3, 0.4) is 0 Å². The van der Waals surface area contributed by atoms with E-state index in [-0.39, 0.29) is 0 Å². The molecule has 6 aromatic carbocycles. The van der Waals surface area contributed by atoms with Crippen LogP contribution in [0.1, 0.15) is 0 Å². The van der Waals surface area contributed by atoms with Gasteiger partial charge in [0.15, 0.2) is 0 Å². The fourth-order valence-corrected chi connectivity index (χ4v) is 5.91. The van der Waals surface area contributed by atoms with Gasteiger partial charge in [-0.1, -0.05) is 109 Å². The van der Waals surface area contributed by atoms with E-state index in [1.165, 1.54) is 43.4 Å². The van der Waals surface area contributed by atoms with E-state index in [1.807, 2.05) is 12.3 Å². The number of hydrogen-bond acceptors (Lipinski definition) is 2. The molecule has 0 amide bonds. The molecule has 2 nitrogen and oxygen atoms in total. The molecule has 0 N–H and O–H groups in total. The van der Waals surface area contributed by atoms with Gasteiger partial charge >= 0.3 is 0 Å². The lowest BCUT2D eigenvalue weighted by atomic mass is 9.89. The van der Waals surface area contributed by atoms with Crippen molar-refractivity contribution >= 4 is 54.1 Å². The topological polar surface area (TPSA) is 25.8 Å². The summed E-state index contributed by atoms with van der Waals surface area (Å²) in [7, 11) is 0. The maximum Gasteiger partial charge on any atom is 0.0972 e. The molecule has 8 aromatic rings. The molecule has 0 saturated heterocycles. The number of rotatable bonds is 2. The van der Waals surface area contributed by atoms with Crippen LogP contribution in [0, 0.1) is 0 Å². The van der Waals surface area contributed by atoms with Gasteiger partial charge in [0.1, 0.15) is 0 Å². The van der Waals surface area contributed by atoms with Crippen LogP contribution < -0.4 is 0 Å². The van der Waals surface area contributed by atoms with Crippen LogP contribution in [-0.4, -0.2) is 9.97 Å². The van der Waals surface area contributed by atoms with Crippen LogP contribution in [0.5, 0.6) is 0 Å². The van der Waals surface area contributed by atoms with Crippen molar-refractivity contribution in [3.63, 3.8) is 0 Å². The Morgan fingerprint density at radius 2 is 0.947 bits per heavy atom. The normalized spacial score (nSPS) is 11.7. The van der Waals surface area contributed by atoms with Crippen LogP contribution in [-0.2, 0) is 0 Å². The number of nitrogens with zero attached hydrogens (tertiary/aromatic N) is 2. The molecule has 0 spiro atoms. The van der Waals surface area contributed by atoms with Crippen molar-refractivity contribution in [2.75, 3.05) is 0 Å². The summed E-state index contributed by atoms with van der Waals surface area (Å²) in [6.45, 7) is 0. The number of aromatic nitrogens is 2. The summed E-state index contributed by atoms with van der Waals surface area (Å²) in [6.07, 6.45) is 1.84. The van der Waals surface area contributed by atoms with E-state index >= 15 is 0 Å². The van der Waals surface area contributed by atoms with Crippen LogP contribution in [0.2, 0.25) is 0 Å². The van der Waals surface area contributed by atoms with E-state index in [0.29, 0.717) is 0 Å². The number of fused-ring (bicyclic) bond motifs is 7. The van der Waals surface area contributed by atoms with Gasteiger partial charge in [0, 0.05) is 22.5 Å². The standard InChI is InChI=1S/C36H22N2/c1-2-10-26-25(8-1)22-33(30-14-6-3-11-27(26)30)31-18-19-32(29-13-5-4-12-28(29)31)34-20-17-24-16-15-23-9-7-21-37-35(23)36(24)38-34/h1-22H. The van der Waals surface area contributed by atoms with Gasteiger partial charge < -0.3 is 0 Å². The SMILES string of the molecule is c1ccc2c(c1)cc(-c1ccc(-c3ccc4ccc5cccnc5c4n3)c3ccccc13)c1ccccc12. The second-order valence-electron chi connectivity index (χ2n) is 9.81. The largest absolute Gasteiger partial charge is 0.254 e. The molecular weight excluding hydrogens is 460 g/mol. The molecule has 0 unspecified atom stereocenters. The summed E-state index contributed by atoms with van der Waals surface area (Å²) in [5.41, 5.74) is 6.46. The highest BCUT2D eigenvalue weighted by Crippen LogP contribution is 2.40. The lowest BCUT2D eigenvalue weighted by Gasteiger charge is -2.15. The monoisotopic (exact) mass is 482 g/mol. The van der Waals surface area contributed by atoms with E-state index in [9.17, 15) is 0 Å². The number of hydrogen-bond donors (Lipinski definition) is 0. The van der Waals surface area contributed by atoms with Crippen molar-refractivity contribution in [2.24, 2.45) is 0 Å². The van der Waals surface area contributed by atoms with Crippen molar-refractivity contribution in [2.45, 2.75) is 0 Å². The first-order chi connectivity index (χ1) is 18.8. The zero-order valence-electron chi connectivity index (χ0n) is 20.6. The van der Waals surface area contributed by atoms with E-state index in [1.54, 1.807) is 0 Å².